The average Bonchev–Trinajstić information content (AvgIpc) is 3.41. The molecule has 1 N–H and O–H groups in total. The van der Waals surface area contributed by atoms with Crippen LogP contribution in [0.4, 0.5) is 4.39 Å². The molecular weight excluding hydrogens is 421 g/mol. The maximum absolute atomic E-state index is 13.2. The Balaban J connectivity index is 1.32. The largest absolute Gasteiger partial charge is 0.324 e. The summed E-state index contributed by atoms with van der Waals surface area (Å²) in [6, 6.07) is 22.0. The summed E-state index contributed by atoms with van der Waals surface area (Å²) in [5.41, 5.74) is 3.46. The highest BCUT2D eigenvalue weighted by atomic mass is 32.2. The van der Waals surface area contributed by atoms with Crippen LogP contribution in [-0.2, 0) is 0 Å². The second-order valence-electron chi connectivity index (χ2n) is 7.97. The Morgan fingerprint density at radius 2 is 1.81 bits per heavy atom. The third kappa shape index (κ3) is 4.00. The van der Waals surface area contributed by atoms with Gasteiger partial charge in [0.1, 0.15) is 5.82 Å². The molecule has 1 saturated heterocycles. The lowest BCUT2D eigenvalue weighted by molar-refractivity contribution is 0.0960. The van der Waals surface area contributed by atoms with Crippen LogP contribution in [-0.4, -0.2) is 23.4 Å². The lowest BCUT2D eigenvalue weighted by Gasteiger charge is -2.23. The van der Waals surface area contributed by atoms with Crippen LogP contribution in [0, 0.1) is 23.2 Å². The van der Waals surface area contributed by atoms with Crippen molar-refractivity contribution in [1.82, 2.24) is 10.2 Å². The molecule has 1 aliphatic heterocycles. The van der Waals surface area contributed by atoms with Crippen molar-refractivity contribution in [3.8, 4) is 17.3 Å². The normalized spacial score (nSPS) is 18.9. The number of rotatable bonds is 5. The van der Waals surface area contributed by atoms with Crippen molar-refractivity contribution in [2.75, 3.05) is 6.54 Å². The number of halogens is 1. The fourth-order valence-corrected chi connectivity index (χ4v) is 5.28. The zero-order valence-corrected chi connectivity index (χ0v) is 18.0. The molecule has 1 aliphatic carbocycles. The van der Waals surface area contributed by atoms with E-state index in [0.717, 1.165) is 39.6 Å². The molecule has 4 nitrogen and oxygen atoms in total. The van der Waals surface area contributed by atoms with Crippen molar-refractivity contribution >= 4 is 17.7 Å². The number of carbonyl (C=O) groups is 1. The van der Waals surface area contributed by atoms with Crippen LogP contribution in [0.2, 0.25) is 0 Å². The van der Waals surface area contributed by atoms with Gasteiger partial charge in [-0.25, -0.2) is 4.39 Å². The van der Waals surface area contributed by atoms with Crippen LogP contribution >= 0.6 is 11.8 Å². The molecule has 0 aromatic heterocycles. The first-order valence-electron chi connectivity index (χ1n) is 10.4. The standard InChI is InChI=1S/C26H20FN3OS/c27-20-9-11-21(12-10-20)32-25-4-2-1-3-22(25)18-5-7-19(8-6-18)26(31)29-23-13-17-14-24(23)30(15-17)16-28/h1-13,17,24H,14-15H2,(H,29,31). The van der Waals surface area contributed by atoms with Gasteiger partial charge in [-0.2, -0.15) is 5.26 Å². The van der Waals surface area contributed by atoms with E-state index in [2.05, 4.69) is 17.6 Å². The van der Waals surface area contributed by atoms with Crippen molar-refractivity contribution < 1.29 is 9.18 Å². The summed E-state index contributed by atoms with van der Waals surface area (Å²) in [5.74, 6) is -0.0762. The summed E-state index contributed by atoms with van der Waals surface area (Å²) in [6.07, 6.45) is 5.18. The Bertz CT molecular complexity index is 1230. The molecule has 5 rings (SSSR count). The van der Waals surface area contributed by atoms with Crippen LogP contribution in [0.25, 0.3) is 11.1 Å². The number of hydrogen-bond acceptors (Lipinski definition) is 4. The summed E-state index contributed by atoms with van der Waals surface area (Å²) >= 11 is 1.57. The highest BCUT2D eigenvalue weighted by molar-refractivity contribution is 7.99. The summed E-state index contributed by atoms with van der Waals surface area (Å²) < 4.78 is 13.2. The van der Waals surface area contributed by atoms with Crippen molar-refractivity contribution in [3.63, 3.8) is 0 Å². The molecule has 158 valence electrons. The van der Waals surface area contributed by atoms with Gasteiger partial charge in [-0.05, 0) is 65.9 Å². The van der Waals surface area contributed by atoms with Gasteiger partial charge < -0.3 is 10.2 Å². The molecule has 2 bridgehead atoms. The highest BCUT2D eigenvalue weighted by Gasteiger charge is 2.39. The van der Waals surface area contributed by atoms with Gasteiger partial charge in [0.05, 0.1) is 6.04 Å². The Morgan fingerprint density at radius 1 is 1.06 bits per heavy atom. The summed E-state index contributed by atoms with van der Waals surface area (Å²) in [6.45, 7) is 0.741. The second-order valence-corrected chi connectivity index (χ2v) is 9.08. The first kappa shape index (κ1) is 20.3. The number of nitrogens with zero attached hydrogens (tertiary/aromatic N) is 2. The van der Waals surface area contributed by atoms with E-state index in [1.807, 2.05) is 48.5 Å². The molecule has 3 aromatic carbocycles. The Morgan fingerprint density at radius 3 is 2.53 bits per heavy atom. The number of fused-ring (bicyclic) bond motifs is 2. The van der Waals surface area contributed by atoms with Crippen molar-refractivity contribution in [2.45, 2.75) is 22.3 Å². The van der Waals surface area contributed by atoms with E-state index in [-0.39, 0.29) is 17.8 Å². The predicted octanol–water partition coefficient (Wildman–Crippen LogP) is 5.44. The number of benzene rings is 3. The van der Waals surface area contributed by atoms with Crippen LogP contribution in [0.5, 0.6) is 0 Å². The predicted molar refractivity (Wildman–Crippen MR) is 122 cm³/mol. The molecule has 2 atom stereocenters. The zero-order chi connectivity index (χ0) is 22.1. The van der Waals surface area contributed by atoms with Gasteiger partial charge in [-0.3, -0.25) is 4.79 Å². The molecule has 3 aromatic rings. The SMILES string of the molecule is N#CN1CC2C=C(NC(=O)c3ccc(-c4ccccc4Sc4ccc(F)cc4)cc3)C1C2. The highest BCUT2D eigenvalue weighted by Crippen LogP contribution is 2.37. The van der Waals surface area contributed by atoms with E-state index in [4.69, 9.17) is 0 Å². The van der Waals surface area contributed by atoms with Crippen molar-refractivity contribution in [1.29, 1.82) is 5.26 Å². The molecule has 1 fully saturated rings. The average molecular weight is 442 g/mol. The second kappa shape index (κ2) is 8.52. The Kier molecular flexibility index (Phi) is 5.42. The maximum Gasteiger partial charge on any atom is 0.255 e. The first-order chi connectivity index (χ1) is 15.6. The number of nitriles is 1. The number of likely N-dealkylation sites (tertiary alicyclic amines) is 1. The minimum absolute atomic E-state index is 0.0106. The van der Waals surface area contributed by atoms with Crippen LogP contribution < -0.4 is 5.32 Å². The Hall–Kier alpha value is -3.56. The molecule has 1 heterocycles. The quantitative estimate of drug-likeness (QED) is 0.536. The summed E-state index contributed by atoms with van der Waals surface area (Å²) in [5, 5.41) is 12.2. The Labute approximate surface area is 190 Å². The van der Waals surface area contributed by atoms with E-state index in [1.165, 1.54) is 12.1 Å². The summed E-state index contributed by atoms with van der Waals surface area (Å²) in [4.78, 5) is 16.5. The number of hydrogen-bond donors (Lipinski definition) is 1. The van der Waals surface area contributed by atoms with E-state index < -0.39 is 0 Å². The van der Waals surface area contributed by atoms with Gasteiger partial charge in [0, 0.05) is 27.6 Å². The molecule has 0 saturated carbocycles. The monoisotopic (exact) mass is 441 g/mol. The lowest BCUT2D eigenvalue weighted by atomic mass is 10.0. The minimum atomic E-state index is -0.252. The maximum atomic E-state index is 13.2. The molecule has 2 unspecified atom stereocenters. The van der Waals surface area contributed by atoms with Gasteiger partial charge in [0.2, 0.25) is 0 Å². The number of nitrogens with one attached hydrogen (secondary N) is 1. The molecular formula is C26H20FN3OS. The fourth-order valence-electron chi connectivity index (χ4n) is 4.31. The zero-order valence-electron chi connectivity index (χ0n) is 17.2. The van der Waals surface area contributed by atoms with Gasteiger partial charge in [-0.15, -0.1) is 0 Å². The smallest absolute Gasteiger partial charge is 0.255 e. The van der Waals surface area contributed by atoms with Gasteiger partial charge in [0.25, 0.3) is 5.91 Å². The molecule has 0 radical (unpaired) electrons. The van der Waals surface area contributed by atoms with Crippen molar-refractivity contribution in [2.24, 2.45) is 5.92 Å². The topological polar surface area (TPSA) is 56.1 Å². The van der Waals surface area contributed by atoms with Crippen molar-refractivity contribution in [3.05, 3.63) is 96.0 Å². The van der Waals surface area contributed by atoms with Crippen LogP contribution in [0.1, 0.15) is 16.8 Å². The third-order valence-electron chi connectivity index (χ3n) is 5.88. The third-order valence-corrected chi connectivity index (χ3v) is 6.96. The number of amides is 1. The van der Waals surface area contributed by atoms with E-state index in [9.17, 15) is 14.4 Å². The first-order valence-corrected chi connectivity index (χ1v) is 11.2. The lowest BCUT2D eigenvalue weighted by Crippen LogP contribution is -2.36. The minimum Gasteiger partial charge on any atom is -0.324 e. The summed E-state index contributed by atoms with van der Waals surface area (Å²) in [7, 11) is 0. The molecule has 2 aliphatic rings. The number of carbonyl (C=O) groups excluding carboxylic acids is 1. The van der Waals surface area contributed by atoms with E-state index in [0.29, 0.717) is 11.5 Å². The van der Waals surface area contributed by atoms with E-state index >= 15 is 0 Å². The van der Waals surface area contributed by atoms with E-state index in [1.54, 1.807) is 28.8 Å². The van der Waals surface area contributed by atoms with Crippen LogP contribution in [0.3, 0.4) is 0 Å². The molecule has 1 amide bonds. The van der Waals surface area contributed by atoms with Gasteiger partial charge in [-0.1, -0.05) is 48.2 Å². The molecule has 0 spiro atoms. The fraction of sp³-hybridized carbons (Fsp3) is 0.154. The van der Waals surface area contributed by atoms with Gasteiger partial charge >= 0.3 is 0 Å². The van der Waals surface area contributed by atoms with Crippen LogP contribution in [0.15, 0.2) is 94.4 Å². The molecule has 32 heavy (non-hydrogen) atoms. The van der Waals surface area contributed by atoms with Gasteiger partial charge in [0.15, 0.2) is 6.19 Å². The molecule has 6 heteroatoms.